The van der Waals surface area contributed by atoms with E-state index in [1.165, 1.54) is 16.7 Å². The normalized spacial score (nSPS) is 26.6. The highest BCUT2D eigenvalue weighted by Crippen LogP contribution is 2.49. The van der Waals surface area contributed by atoms with Crippen molar-refractivity contribution in [2.45, 2.75) is 39.5 Å². The second-order valence-electron chi connectivity index (χ2n) is 7.63. The van der Waals surface area contributed by atoms with Crippen LogP contribution in [0.25, 0.3) is 5.76 Å². The second kappa shape index (κ2) is 4.84. The SMILES string of the molecule is CC1(C)CC(=O)C2=C(CC3=C(c4ccccc4)OCC3C2)C1. The van der Waals surface area contributed by atoms with Crippen molar-refractivity contribution >= 4 is 11.5 Å². The molecule has 0 spiro atoms. The molecule has 0 saturated carbocycles. The highest BCUT2D eigenvalue weighted by molar-refractivity contribution is 5.98. The molecule has 2 heteroatoms. The molecule has 1 heterocycles. The van der Waals surface area contributed by atoms with Crippen molar-refractivity contribution in [2.75, 3.05) is 6.61 Å². The lowest BCUT2D eigenvalue weighted by Gasteiger charge is -2.36. The van der Waals surface area contributed by atoms with Crippen molar-refractivity contribution in [3.05, 3.63) is 52.6 Å². The van der Waals surface area contributed by atoms with Crippen LogP contribution in [0.4, 0.5) is 0 Å². The van der Waals surface area contributed by atoms with Crippen LogP contribution in [0.15, 0.2) is 47.1 Å². The molecular formula is C20H22O2. The second-order valence-corrected chi connectivity index (χ2v) is 7.63. The van der Waals surface area contributed by atoms with Crippen LogP contribution in [0.3, 0.4) is 0 Å². The van der Waals surface area contributed by atoms with Crippen LogP contribution in [0.5, 0.6) is 0 Å². The number of hydrogen-bond acceptors (Lipinski definition) is 2. The summed E-state index contributed by atoms with van der Waals surface area (Å²) >= 11 is 0. The average Bonchev–Trinajstić information content (AvgIpc) is 2.88. The molecule has 1 aromatic rings. The van der Waals surface area contributed by atoms with Crippen LogP contribution in [0, 0.1) is 11.3 Å². The first-order valence-electron chi connectivity index (χ1n) is 8.19. The van der Waals surface area contributed by atoms with E-state index in [9.17, 15) is 4.79 Å². The van der Waals surface area contributed by atoms with E-state index < -0.39 is 0 Å². The first-order chi connectivity index (χ1) is 10.5. The Labute approximate surface area is 131 Å². The van der Waals surface area contributed by atoms with Gasteiger partial charge in [0.15, 0.2) is 5.78 Å². The van der Waals surface area contributed by atoms with Gasteiger partial charge in [-0.2, -0.15) is 0 Å². The summed E-state index contributed by atoms with van der Waals surface area (Å²) in [7, 11) is 0. The monoisotopic (exact) mass is 294 g/mol. The number of allylic oxidation sites excluding steroid dienone is 2. The number of benzene rings is 1. The van der Waals surface area contributed by atoms with Crippen molar-refractivity contribution in [1.82, 2.24) is 0 Å². The molecule has 0 fully saturated rings. The molecule has 22 heavy (non-hydrogen) atoms. The van der Waals surface area contributed by atoms with E-state index in [-0.39, 0.29) is 5.41 Å². The van der Waals surface area contributed by atoms with Gasteiger partial charge in [-0.05, 0) is 35.8 Å². The van der Waals surface area contributed by atoms with Gasteiger partial charge in [-0.3, -0.25) is 4.79 Å². The number of Topliss-reactive ketones (excluding diaryl/α,β-unsaturated/α-hetero) is 1. The summed E-state index contributed by atoms with van der Waals surface area (Å²) in [6.45, 7) is 5.14. The number of fused-ring (bicyclic) bond motifs is 1. The maximum atomic E-state index is 12.5. The molecule has 114 valence electrons. The van der Waals surface area contributed by atoms with Gasteiger partial charge in [0.2, 0.25) is 0 Å². The van der Waals surface area contributed by atoms with Crippen LogP contribution < -0.4 is 0 Å². The minimum Gasteiger partial charge on any atom is -0.492 e. The summed E-state index contributed by atoms with van der Waals surface area (Å²) in [6.07, 6.45) is 3.56. The van der Waals surface area contributed by atoms with Crippen LogP contribution in [0.2, 0.25) is 0 Å². The minimum atomic E-state index is 0.107. The number of carbonyl (C=O) groups excluding carboxylic acids is 1. The quantitative estimate of drug-likeness (QED) is 0.761. The van der Waals surface area contributed by atoms with Crippen LogP contribution in [0.1, 0.15) is 45.1 Å². The van der Waals surface area contributed by atoms with Gasteiger partial charge in [-0.15, -0.1) is 0 Å². The van der Waals surface area contributed by atoms with Gasteiger partial charge >= 0.3 is 0 Å². The Hall–Kier alpha value is -1.83. The molecular weight excluding hydrogens is 272 g/mol. The molecule has 2 aliphatic carbocycles. The summed E-state index contributed by atoms with van der Waals surface area (Å²) in [5.41, 5.74) is 5.17. The maximum Gasteiger partial charge on any atom is 0.159 e. The zero-order chi connectivity index (χ0) is 15.3. The summed E-state index contributed by atoms with van der Waals surface area (Å²) in [5.74, 6) is 1.84. The first kappa shape index (κ1) is 13.8. The van der Waals surface area contributed by atoms with E-state index in [1.54, 1.807) is 0 Å². The topological polar surface area (TPSA) is 26.3 Å². The van der Waals surface area contributed by atoms with E-state index in [0.29, 0.717) is 18.1 Å². The number of rotatable bonds is 1. The van der Waals surface area contributed by atoms with Gasteiger partial charge in [0.1, 0.15) is 5.76 Å². The Morgan fingerprint density at radius 2 is 1.91 bits per heavy atom. The molecule has 1 aliphatic heterocycles. The molecule has 3 aliphatic rings. The lowest BCUT2D eigenvalue weighted by atomic mass is 9.67. The Kier molecular flexibility index (Phi) is 3.04. The minimum absolute atomic E-state index is 0.107. The van der Waals surface area contributed by atoms with E-state index >= 15 is 0 Å². The fourth-order valence-electron chi connectivity index (χ4n) is 4.22. The summed E-state index contributed by atoms with van der Waals surface area (Å²) in [6, 6.07) is 10.4. The number of hydrogen-bond donors (Lipinski definition) is 0. The van der Waals surface area contributed by atoms with E-state index in [2.05, 4.69) is 38.1 Å². The molecule has 2 nitrogen and oxygen atoms in total. The Morgan fingerprint density at radius 1 is 1.14 bits per heavy atom. The zero-order valence-corrected chi connectivity index (χ0v) is 13.3. The standard InChI is InChI=1S/C20H22O2/c1-20(2)10-14-8-17-15(9-16(14)18(21)11-20)12-22-19(17)13-6-4-3-5-7-13/h3-7,15H,8-12H2,1-2H3. The van der Waals surface area contributed by atoms with Crippen molar-refractivity contribution in [1.29, 1.82) is 0 Å². The highest BCUT2D eigenvalue weighted by atomic mass is 16.5. The van der Waals surface area contributed by atoms with Gasteiger partial charge in [0, 0.05) is 17.9 Å². The van der Waals surface area contributed by atoms with E-state index in [4.69, 9.17) is 4.74 Å². The lowest BCUT2D eigenvalue weighted by Crippen LogP contribution is -2.30. The molecule has 0 saturated heterocycles. The molecule has 4 rings (SSSR count). The molecule has 1 unspecified atom stereocenters. The van der Waals surface area contributed by atoms with Crippen LogP contribution in [-0.2, 0) is 9.53 Å². The predicted octanol–water partition coefficient (Wildman–Crippen LogP) is 4.52. The number of ether oxygens (including phenoxy) is 1. The van der Waals surface area contributed by atoms with E-state index in [1.807, 2.05) is 6.07 Å². The van der Waals surface area contributed by atoms with Gasteiger partial charge in [-0.1, -0.05) is 49.8 Å². The smallest absolute Gasteiger partial charge is 0.159 e. The van der Waals surface area contributed by atoms with Crippen molar-refractivity contribution in [2.24, 2.45) is 11.3 Å². The lowest BCUT2D eigenvalue weighted by molar-refractivity contribution is -0.118. The summed E-state index contributed by atoms with van der Waals surface area (Å²) < 4.78 is 6.02. The van der Waals surface area contributed by atoms with Crippen molar-refractivity contribution < 1.29 is 9.53 Å². The number of ketones is 1. The zero-order valence-electron chi connectivity index (χ0n) is 13.3. The molecule has 1 aromatic carbocycles. The van der Waals surface area contributed by atoms with Crippen molar-refractivity contribution in [3.63, 3.8) is 0 Å². The third-order valence-electron chi connectivity index (χ3n) is 5.20. The molecule has 0 aromatic heterocycles. The third kappa shape index (κ3) is 2.22. The van der Waals surface area contributed by atoms with Crippen LogP contribution in [-0.4, -0.2) is 12.4 Å². The molecule has 0 N–H and O–H groups in total. The number of carbonyl (C=O) groups is 1. The Bertz CT molecular complexity index is 692. The molecule has 0 amide bonds. The predicted molar refractivity (Wildman–Crippen MR) is 87.1 cm³/mol. The summed E-state index contributed by atoms with van der Waals surface area (Å²) in [4.78, 5) is 12.5. The largest absolute Gasteiger partial charge is 0.492 e. The average molecular weight is 294 g/mol. The molecule has 0 bridgehead atoms. The van der Waals surface area contributed by atoms with Crippen LogP contribution >= 0.6 is 0 Å². The highest BCUT2D eigenvalue weighted by Gasteiger charge is 2.40. The third-order valence-corrected chi connectivity index (χ3v) is 5.20. The Balaban J connectivity index is 1.74. The fraction of sp³-hybridized carbons (Fsp3) is 0.450. The molecule has 1 atom stereocenters. The van der Waals surface area contributed by atoms with E-state index in [0.717, 1.165) is 37.2 Å². The van der Waals surface area contributed by atoms with Gasteiger partial charge < -0.3 is 4.74 Å². The van der Waals surface area contributed by atoms with Gasteiger partial charge in [0.05, 0.1) is 6.61 Å². The van der Waals surface area contributed by atoms with Crippen molar-refractivity contribution in [3.8, 4) is 0 Å². The van der Waals surface area contributed by atoms with Gasteiger partial charge in [-0.25, -0.2) is 0 Å². The summed E-state index contributed by atoms with van der Waals surface area (Å²) in [5, 5.41) is 0. The van der Waals surface area contributed by atoms with Gasteiger partial charge in [0.25, 0.3) is 0 Å². The maximum absolute atomic E-state index is 12.5. The molecule has 0 radical (unpaired) electrons. The fourth-order valence-corrected chi connectivity index (χ4v) is 4.22. The Morgan fingerprint density at radius 3 is 2.68 bits per heavy atom. The first-order valence-corrected chi connectivity index (χ1v) is 8.19.